The summed E-state index contributed by atoms with van der Waals surface area (Å²) in [5.41, 5.74) is -2.94. The van der Waals surface area contributed by atoms with Crippen LogP contribution in [0, 0.1) is 5.82 Å². The third-order valence-corrected chi connectivity index (χ3v) is 3.45. The molecule has 0 aliphatic carbocycles. The molecule has 2 rings (SSSR count). The van der Waals surface area contributed by atoms with Crippen molar-refractivity contribution in [3.8, 4) is 17.2 Å². The van der Waals surface area contributed by atoms with E-state index in [2.05, 4.69) is 4.74 Å². The number of hydrogen-bond donors (Lipinski definition) is 0. The SMILES string of the molecule is O=C(Cl)c1c(Oc2ccc(OC(F)(F)F)c(Cl)c2)ccc(C(F)(F)F)c1F. The molecule has 0 spiro atoms. The molecule has 0 amide bonds. The molecule has 0 aromatic heterocycles. The Balaban J connectivity index is 2.42. The molecule has 0 aliphatic rings. The van der Waals surface area contributed by atoms with Crippen molar-refractivity contribution < 1.29 is 45.0 Å². The summed E-state index contributed by atoms with van der Waals surface area (Å²) < 4.78 is 97.5. The van der Waals surface area contributed by atoms with Gasteiger partial charge in [-0.3, -0.25) is 4.79 Å². The van der Waals surface area contributed by atoms with Gasteiger partial charge in [0.25, 0.3) is 5.24 Å². The van der Waals surface area contributed by atoms with Crippen LogP contribution >= 0.6 is 23.2 Å². The Morgan fingerprint density at radius 3 is 2.04 bits per heavy atom. The summed E-state index contributed by atoms with van der Waals surface area (Å²) in [7, 11) is 0. The average Bonchev–Trinajstić information content (AvgIpc) is 2.47. The summed E-state index contributed by atoms with van der Waals surface area (Å²) in [6.07, 6.45) is -10.1. The highest BCUT2D eigenvalue weighted by Crippen LogP contribution is 2.39. The molecule has 27 heavy (non-hydrogen) atoms. The van der Waals surface area contributed by atoms with Gasteiger partial charge < -0.3 is 9.47 Å². The maximum atomic E-state index is 14.0. The fourth-order valence-corrected chi connectivity index (χ4v) is 2.31. The second kappa shape index (κ2) is 7.43. The van der Waals surface area contributed by atoms with Gasteiger partial charge in [-0.1, -0.05) is 11.6 Å². The van der Waals surface area contributed by atoms with E-state index >= 15 is 0 Å². The molecule has 12 heteroatoms. The van der Waals surface area contributed by atoms with Crippen molar-refractivity contribution in [3.63, 3.8) is 0 Å². The van der Waals surface area contributed by atoms with E-state index in [1.54, 1.807) is 0 Å². The summed E-state index contributed by atoms with van der Waals surface area (Å²) in [6.45, 7) is 0. The van der Waals surface area contributed by atoms with Gasteiger partial charge >= 0.3 is 12.5 Å². The Hall–Kier alpha value is -2.20. The van der Waals surface area contributed by atoms with Crippen molar-refractivity contribution in [2.75, 3.05) is 0 Å². The number of rotatable bonds is 4. The lowest BCUT2D eigenvalue weighted by Gasteiger charge is -2.15. The van der Waals surface area contributed by atoms with E-state index in [4.69, 9.17) is 27.9 Å². The van der Waals surface area contributed by atoms with Crippen LogP contribution in [0.2, 0.25) is 5.02 Å². The van der Waals surface area contributed by atoms with Crippen molar-refractivity contribution in [1.29, 1.82) is 0 Å². The highest BCUT2D eigenvalue weighted by molar-refractivity contribution is 6.68. The maximum Gasteiger partial charge on any atom is 0.573 e. The zero-order valence-electron chi connectivity index (χ0n) is 12.5. The molecule has 0 radical (unpaired) electrons. The number of ether oxygens (including phenoxy) is 2. The van der Waals surface area contributed by atoms with E-state index in [9.17, 15) is 35.5 Å². The number of hydrogen-bond acceptors (Lipinski definition) is 3. The molecule has 2 aromatic carbocycles. The summed E-state index contributed by atoms with van der Waals surface area (Å²) >= 11 is 10.7. The molecular formula is C15H5Cl2F7O3. The van der Waals surface area contributed by atoms with E-state index in [0.717, 1.165) is 18.2 Å². The van der Waals surface area contributed by atoms with Crippen LogP contribution in [0.25, 0.3) is 0 Å². The molecule has 0 saturated carbocycles. The van der Waals surface area contributed by atoms with E-state index in [1.165, 1.54) is 0 Å². The molecule has 146 valence electrons. The molecule has 0 aliphatic heterocycles. The molecule has 0 fully saturated rings. The summed E-state index contributed by atoms with van der Waals surface area (Å²) in [5.74, 6) is -3.74. The van der Waals surface area contributed by atoms with Crippen molar-refractivity contribution >= 4 is 28.4 Å². The Labute approximate surface area is 156 Å². The summed E-state index contributed by atoms with van der Waals surface area (Å²) in [6, 6.07) is 3.44. The average molecular weight is 437 g/mol. The molecule has 2 aromatic rings. The highest BCUT2D eigenvalue weighted by Gasteiger charge is 2.37. The fraction of sp³-hybridized carbons (Fsp3) is 0.133. The van der Waals surface area contributed by atoms with E-state index in [-0.39, 0.29) is 5.75 Å². The highest BCUT2D eigenvalue weighted by atomic mass is 35.5. The smallest absolute Gasteiger partial charge is 0.456 e. The van der Waals surface area contributed by atoms with Crippen LogP contribution in [0.1, 0.15) is 15.9 Å². The lowest BCUT2D eigenvalue weighted by Crippen LogP contribution is -2.17. The zero-order chi connectivity index (χ0) is 20.6. The monoisotopic (exact) mass is 436 g/mol. The fourth-order valence-electron chi connectivity index (χ4n) is 1.92. The Morgan fingerprint density at radius 2 is 1.56 bits per heavy atom. The van der Waals surface area contributed by atoms with Gasteiger partial charge in [-0.25, -0.2) is 4.39 Å². The molecule has 0 saturated heterocycles. The van der Waals surface area contributed by atoms with Gasteiger partial charge in [-0.05, 0) is 35.9 Å². The van der Waals surface area contributed by atoms with E-state index in [1.807, 2.05) is 0 Å². The minimum Gasteiger partial charge on any atom is -0.456 e. The normalized spacial score (nSPS) is 12.0. The Bertz CT molecular complexity index is 879. The van der Waals surface area contributed by atoms with Gasteiger partial charge in [0.05, 0.1) is 10.6 Å². The predicted molar refractivity (Wildman–Crippen MR) is 79.8 cm³/mol. The maximum absolute atomic E-state index is 14.0. The van der Waals surface area contributed by atoms with Gasteiger partial charge in [-0.2, -0.15) is 13.2 Å². The number of carbonyl (C=O) groups is 1. The molecule has 0 heterocycles. The molecule has 3 nitrogen and oxygen atoms in total. The van der Waals surface area contributed by atoms with E-state index < -0.39 is 51.2 Å². The molecule has 0 atom stereocenters. The number of halogens is 9. The van der Waals surface area contributed by atoms with Gasteiger partial charge in [0.15, 0.2) is 5.82 Å². The van der Waals surface area contributed by atoms with Crippen LogP contribution in [0.4, 0.5) is 30.7 Å². The van der Waals surface area contributed by atoms with Crippen LogP contribution in [0.3, 0.4) is 0 Å². The number of alkyl halides is 6. The standard InChI is InChI=1S/C15H5Cl2F7O3/c16-8-5-6(1-3-9(8)27-15(22,23)24)26-10-4-2-7(14(19,20)21)12(18)11(10)13(17)25/h1-5H. The van der Waals surface area contributed by atoms with Crippen LogP contribution in [-0.4, -0.2) is 11.6 Å². The van der Waals surface area contributed by atoms with Gasteiger partial charge in [0.1, 0.15) is 22.8 Å². The van der Waals surface area contributed by atoms with Gasteiger partial charge in [-0.15, -0.1) is 13.2 Å². The topological polar surface area (TPSA) is 35.5 Å². The van der Waals surface area contributed by atoms with Crippen molar-refractivity contribution in [2.45, 2.75) is 12.5 Å². The molecule has 0 N–H and O–H groups in total. The van der Waals surface area contributed by atoms with E-state index in [0.29, 0.717) is 12.1 Å². The first-order valence-electron chi connectivity index (χ1n) is 6.62. The lowest BCUT2D eigenvalue weighted by atomic mass is 10.1. The third kappa shape index (κ3) is 5.16. The van der Waals surface area contributed by atoms with Crippen LogP contribution in [0.15, 0.2) is 30.3 Å². The first-order chi connectivity index (χ1) is 12.3. The lowest BCUT2D eigenvalue weighted by molar-refractivity contribution is -0.274. The Kier molecular flexibility index (Phi) is 5.81. The second-order valence-electron chi connectivity index (χ2n) is 4.81. The number of benzene rings is 2. The predicted octanol–water partition coefficient (Wildman–Crippen LogP) is 6.57. The molecule has 0 unspecified atom stereocenters. The van der Waals surface area contributed by atoms with Crippen LogP contribution in [-0.2, 0) is 6.18 Å². The van der Waals surface area contributed by atoms with Crippen molar-refractivity contribution in [1.82, 2.24) is 0 Å². The second-order valence-corrected chi connectivity index (χ2v) is 5.56. The zero-order valence-corrected chi connectivity index (χ0v) is 14.0. The first kappa shape index (κ1) is 21.1. The van der Waals surface area contributed by atoms with Gasteiger partial charge in [0, 0.05) is 6.07 Å². The molecular weight excluding hydrogens is 432 g/mol. The van der Waals surface area contributed by atoms with Crippen molar-refractivity contribution in [3.05, 3.63) is 52.3 Å². The third-order valence-electron chi connectivity index (χ3n) is 2.96. The quantitative estimate of drug-likeness (QED) is 0.401. The largest absolute Gasteiger partial charge is 0.573 e. The first-order valence-corrected chi connectivity index (χ1v) is 7.38. The van der Waals surface area contributed by atoms with Crippen molar-refractivity contribution in [2.24, 2.45) is 0 Å². The molecule has 0 bridgehead atoms. The minimum absolute atomic E-state index is 0.312. The van der Waals surface area contributed by atoms with Crippen LogP contribution < -0.4 is 9.47 Å². The minimum atomic E-state index is -5.09. The summed E-state index contributed by atoms with van der Waals surface area (Å²) in [5, 5.41) is -2.13. The van der Waals surface area contributed by atoms with Crippen LogP contribution in [0.5, 0.6) is 17.2 Å². The summed E-state index contributed by atoms with van der Waals surface area (Å²) in [4.78, 5) is 11.3. The Morgan fingerprint density at radius 1 is 0.963 bits per heavy atom. The van der Waals surface area contributed by atoms with Gasteiger partial charge in [0.2, 0.25) is 0 Å². The number of carbonyl (C=O) groups excluding carboxylic acids is 1.